The number of ether oxygens (including phenoxy) is 1. The average Bonchev–Trinajstić information content (AvgIpc) is 3.27. The summed E-state index contributed by atoms with van der Waals surface area (Å²) in [6.07, 6.45) is 1.67. The number of aromatic nitrogens is 3. The summed E-state index contributed by atoms with van der Waals surface area (Å²) >= 11 is 0. The molecule has 6 rings (SSSR count). The summed E-state index contributed by atoms with van der Waals surface area (Å²) in [6, 6.07) is 11.0. The number of fused-ring (bicyclic) bond motifs is 5. The van der Waals surface area contributed by atoms with Gasteiger partial charge in [-0.05, 0) is 24.6 Å². The van der Waals surface area contributed by atoms with Crippen LogP contribution in [-0.4, -0.2) is 39.9 Å². The lowest BCUT2D eigenvalue weighted by Crippen LogP contribution is -2.64. The van der Waals surface area contributed by atoms with Crippen molar-refractivity contribution in [1.82, 2.24) is 14.6 Å². The Bertz CT molecular complexity index is 1310. The van der Waals surface area contributed by atoms with Crippen LogP contribution in [0.4, 0.5) is 24.7 Å². The second-order valence-corrected chi connectivity index (χ2v) is 8.24. The van der Waals surface area contributed by atoms with Crippen LogP contribution in [0.5, 0.6) is 0 Å². The van der Waals surface area contributed by atoms with Crippen molar-refractivity contribution >= 4 is 27.9 Å². The minimum Gasteiger partial charge on any atom is -0.377 e. The summed E-state index contributed by atoms with van der Waals surface area (Å²) in [7, 11) is 0. The number of hydrogen-bond donors (Lipinski definition) is 1. The molecule has 4 aromatic rings. The van der Waals surface area contributed by atoms with E-state index in [0.717, 1.165) is 47.8 Å². The van der Waals surface area contributed by atoms with E-state index in [9.17, 15) is 13.2 Å². The lowest BCUT2D eigenvalue weighted by atomic mass is 9.90. The predicted octanol–water partition coefficient (Wildman–Crippen LogP) is 4.55. The van der Waals surface area contributed by atoms with Crippen molar-refractivity contribution in [1.29, 1.82) is 0 Å². The van der Waals surface area contributed by atoms with E-state index in [-0.39, 0.29) is 12.1 Å². The molecule has 2 bridgehead atoms. The standard InChI is InChI=1S/C23H20F3N5O/c24-20-13(2-1-3-18(20)21(25)26)10-28-22-19-9-14(31-15-8-16(31)12-32-11-15)4-5-17(19)23-27-6-7-30(23)29-22/h1-7,9,15-16,21H,8,10-12H2,(H,28,29)/t15-,16?/m1/s1. The number of nitrogens with one attached hydrogen (secondary N) is 1. The molecule has 2 fully saturated rings. The maximum atomic E-state index is 14.5. The normalized spacial score (nSPS) is 20.2. The van der Waals surface area contributed by atoms with E-state index in [1.54, 1.807) is 16.9 Å². The first-order valence-electron chi connectivity index (χ1n) is 10.5. The van der Waals surface area contributed by atoms with Crippen LogP contribution in [0.1, 0.15) is 24.0 Å². The number of halogens is 3. The SMILES string of the molecule is Fc1c(CNc2nn3ccnc3c3ccc(N4C5COC[C@H]4C5)cc23)cccc1C(F)F. The van der Waals surface area contributed by atoms with E-state index in [2.05, 4.69) is 32.4 Å². The number of imidazole rings is 1. The summed E-state index contributed by atoms with van der Waals surface area (Å²) in [5, 5.41) is 9.52. The molecule has 0 amide bonds. The van der Waals surface area contributed by atoms with Crippen molar-refractivity contribution in [2.24, 2.45) is 0 Å². The molecule has 2 aromatic heterocycles. The lowest BCUT2D eigenvalue weighted by molar-refractivity contribution is 0.0103. The maximum absolute atomic E-state index is 14.5. The second kappa shape index (κ2) is 7.37. The molecule has 1 unspecified atom stereocenters. The van der Waals surface area contributed by atoms with Crippen molar-refractivity contribution in [2.45, 2.75) is 31.5 Å². The molecular weight excluding hydrogens is 419 g/mol. The van der Waals surface area contributed by atoms with Gasteiger partial charge in [0.25, 0.3) is 6.43 Å². The van der Waals surface area contributed by atoms with Crippen molar-refractivity contribution in [3.05, 3.63) is 65.7 Å². The summed E-state index contributed by atoms with van der Waals surface area (Å²) in [5.41, 5.74) is 1.36. The largest absolute Gasteiger partial charge is 0.377 e. The van der Waals surface area contributed by atoms with Gasteiger partial charge >= 0.3 is 0 Å². The van der Waals surface area contributed by atoms with Gasteiger partial charge in [-0.2, -0.15) is 0 Å². The fourth-order valence-corrected chi connectivity index (χ4v) is 4.79. The number of alkyl halides is 2. The van der Waals surface area contributed by atoms with Gasteiger partial charge in [-0.25, -0.2) is 22.7 Å². The highest BCUT2D eigenvalue weighted by molar-refractivity contribution is 6.01. The fourth-order valence-electron chi connectivity index (χ4n) is 4.79. The van der Waals surface area contributed by atoms with Crippen molar-refractivity contribution < 1.29 is 17.9 Å². The third-order valence-corrected chi connectivity index (χ3v) is 6.37. The van der Waals surface area contributed by atoms with Crippen molar-refractivity contribution in [3.63, 3.8) is 0 Å². The van der Waals surface area contributed by atoms with Crippen LogP contribution in [-0.2, 0) is 11.3 Å². The number of anilines is 2. The van der Waals surface area contributed by atoms with E-state index in [1.807, 2.05) is 6.07 Å². The van der Waals surface area contributed by atoms with Crippen LogP contribution in [0.2, 0.25) is 0 Å². The Labute approximate surface area is 181 Å². The molecule has 0 spiro atoms. The van der Waals surface area contributed by atoms with Crippen LogP contribution < -0.4 is 10.2 Å². The van der Waals surface area contributed by atoms with Gasteiger partial charge in [0, 0.05) is 41.0 Å². The maximum Gasteiger partial charge on any atom is 0.266 e. The van der Waals surface area contributed by atoms with E-state index in [0.29, 0.717) is 17.9 Å². The molecule has 6 nitrogen and oxygen atoms in total. The van der Waals surface area contributed by atoms with Gasteiger partial charge in [-0.3, -0.25) is 0 Å². The van der Waals surface area contributed by atoms with Gasteiger partial charge in [-0.15, -0.1) is 5.10 Å². The monoisotopic (exact) mass is 439 g/mol. The summed E-state index contributed by atoms with van der Waals surface area (Å²) < 4.78 is 47.9. The Morgan fingerprint density at radius 2 is 1.97 bits per heavy atom. The minimum atomic E-state index is -2.86. The van der Waals surface area contributed by atoms with Crippen LogP contribution in [0.25, 0.3) is 16.4 Å². The predicted molar refractivity (Wildman–Crippen MR) is 115 cm³/mol. The van der Waals surface area contributed by atoms with E-state index < -0.39 is 17.8 Å². The van der Waals surface area contributed by atoms with E-state index in [4.69, 9.17) is 4.74 Å². The molecule has 4 heterocycles. The molecule has 2 saturated heterocycles. The zero-order chi connectivity index (χ0) is 21.8. The van der Waals surface area contributed by atoms with Crippen LogP contribution in [0.15, 0.2) is 48.8 Å². The highest BCUT2D eigenvalue weighted by atomic mass is 19.3. The molecule has 2 atom stereocenters. The topological polar surface area (TPSA) is 54.7 Å². The number of nitrogens with zero attached hydrogens (tertiary/aromatic N) is 4. The molecule has 164 valence electrons. The molecule has 1 N–H and O–H groups in total. The quantitative estimate of drug-likeness (QED) is 0.495. The molecule has 0 saturated carbocycles. The Morgan fingerprint density at radius 3 is 2.75 bits per heavy atom. The molecule has 2 aliphatic heterocycles. The van der Waals surface area contributed by atoms with Crippen LogP contribution in [0, 0.1) is 5.82 Å². The Morgan fingerprint density at radius 1 is 1.12 bits per heavy atom. The molecule has 0 aliphatic carbocycles. The summed E-state index contributed by atoms with van der Waals surface area (Å²) in [4.78, 5) is 6.78. The van der Waals surface area contributed by atoms with E-state index in [1.165, 1.54) is 12.1 Å². The van der Waals surface area contributed by atoms with Crippen molar-refractivity contribution in [3.8, 4) is 0 Å². The van der Waals surface area contributed by atoms with Crippen LogP contribution >= 0.6 is 0 Å². The third kappa shape index (κ3) is 2.99. The van der Waals surface area contributed by atoms with Gasteiger partial charge in [0.15, 0.2) is 11.5 Å². The minimum absolute atomic E-state index is 0.0295. The number of hydrogen-bond acceptors (Lipinski definition) is 5. The molecule has 0 radical (unpaired) electrons. The van der Waals surface area contributed by atoms with Gasteiger partial charge in [-0.1, -0.05) is 18.2 Å². The van der Waals surface area contributed by atoms with Gasteiger partial charge in [0.1, 0.15) is 5.82 Å². The molecule has 32 heavy (non-hydrogen) atoms. The Balaban J connectivity index is 1.40. The lowest BCUT2D eigenvalue weighted by Gasteiger charge is -2.53. The zero-order valence-electron chi connectivity index (χ0n) is 17.0. The highest BCUT2D eigenvalue weighted by Crippen LogP contribution is 2.38. The third-order valence-electron chi connectivity index (χ3n) is 6.37. The second-order valence-electron chi connectivity index (χ2n) is 8.24. The first kappa shape index (κ1) is 19.4. The first-order valence-corrected chi connectivity index (χ1v) is 10.5. The molecule has 9 heteroatoms. The number of rotatable bonds is 5. The van der Waals surface area contributed by atoms with E-state index >= 15 is 0 Å². The summed E-state index contributed by atoms with van der Waals surface area (Å²) in [5.74, 6) is -0.353. The highest BCUT2D eigenvalue weighted by Gasteiger charge is 2.42. The number of benzene rings is 2. The molecular formula is C23H20F3N5O. The van der Waals surface area contributed by atoms with Gasteiger partial charge < -0.3 is 15.0 Å². The summed E-state index contributed by atoms with van der Waals surface area (Å²) in [6.45, 7) is 1.47. The average molecular weight is 439 g/mol. The first-order chi connectivity index (χ1) is 15.6. The fraction of sp³-hybridized carbons (Fsp3) is 0.304. The Hall–Kier alpha value is -3.33. The zero-order valence-corrected chi connectivity index (χ0v) is 17.0. The van der Waals surface area contributed by atoms with Gasteiger partial charge in [0.2, 0.25) is 0 Å². The number of morpholine rings is 1. The van der Waals surface area contributed by atoms with Gasteiger partial charge in [0.05, 0.1) is 30.9 Å². The Kier molecular flexibility index (Phi) is 4.46. The van der Waals surface area contributed by atoms with Crippen molar-refractivity contribution in [2.75, 3.05) is 23.4 Å². The van der Waals surface area contributed by atoms with Crippen LogP contribution in [0.3, 0.4) is 0 Å². The molecule has 2 aromatic carbocycles. The smallest absolute Gasteiger partial charge is 0.266 e. The molecule has 2 aliphatic rings.